The van der Waals surface area contributed by atoms with Gasteiger partial charge in [0.15, 0.2) is 0 Å². The van der Waals surface area contributed by atoms with E-state index in [1.807, 2.05) is 30.3 Å². The topological polar surface area (TPSA) is 105 Å². The van der Waals surface area contributed by atoms with Gasteiger partial charge >= 0.3 is 6.09 Å². The van der Waals surface area contributed by atoms with Crippen molar-refractivity contribution in [2.45, 2.75) is 26.4 Å². The number of nitrogens with one attached hydrogen (secondary N) is 3. The van der Waals surface area contributed by atoms with E-state index in [-0.39, 0.29) is 19.0 Å². The van der Waals surface area contributed by atoms with Gasteiger partial charge in [0.05, 0.1) is 5.69 Å². The van der Waals surface area contributed by atoms with Gasteiger partial charge in [-0.3, -0.25) is 4.79 Å². The zero-order valence-corrected chi connectivity index (χ0v) is 19.4. The minimum Gasteiger partial charge on any atom is -0.444 e. The van der Waals surface area contributed by atoms with Gasteiger partial charge in [0, 0.05) is 41.1 Å². The van der Waals surface area contributed by atoms with Gasteiger partial charge in [0.1, 0.15) is 5.60 Å². The lowest BCUT2D eigenvalue weighted by molar-refractivity contribution is 0.0526. The maximum Gasteiger partial charge on any atom is 0.407 e. The summed E-state index contributed by atoms with van der Waals surface area (Å²) < 4.78 is 5.14. The number of anilines is 2. The van der Waals surface area contributed by atoms with E-state index in [0.717, 1.165) is 16.9 Å². The monoisotopic (exact) mass is 467 g/mol. The van der Waals surface area contributed by atoms with Crippen LogP contribution in [-0.4, -0.2) is 40.7 Å². The molecule has 9 heteroatoms. The van der Waals surface area contributed by atoms with E-state index in [1.165, 1.54) is 0 Å². The Kier molecular flexibility index (Phi) is 7.84. The van der Waals surface area contributed by atoms with Crippen molar-refractivity contribution in [3.05, 3.63) is 71.4 Å². The number of amides is 2. The third kappa shape index (κ3) is 7.76. The van der Waals surface area contributed by atoms with Gasteiger partial charge in [-0.25, -0.2) is 14.8 Å². The Morgan fingerprint density at radius 1 is 0.939 bits per heavy atom. The molecule has 3 N–H and O–H groups in total. The van der Waals surface area contributed by atoms with Crippen LogP contribution in [0.2, 0.25) is 5.02 Å². The van der Waals surface area contributed by atoms with Crippen molar-refractivity contribution in [2.24, 2.45) is 0 Å². The molecule has 8 nitrogen and oxygen atoms in total. The van der Waals surface area contributed by atoms with Crippen LogP contribution >= 0.6 is 11.6 Å². The van der Waals surface area contributed by atoms with Gasteiger partial charge in [0.25, 0.3) is 5.91 Å². The lowest BCUT2D eigenvalue weighted by Gasteiger charge is -2.19. The fourth-order valence-electron chi connectivity index (χ4n) is 2.79. The number of hydrogen-bond acceptors (Lipinski definition) is 6. The van der Waals surface area contributed by atoms with Crippen LogP contribution in [0.15, 0.2) is 60.8 Å². The lowest BCUT2D eigenvalue weighted by atomic mass is 10.1. The van der Waals surface area contributed by atoms with Crippen molar-refractivity contribution in [3.63, 3.8) is 0 Å². The van der Waals surface area contributed by atoms with Crippen LogP contribution < -0.4 is 16.0 Å². The molecule has 0 aliphatic heterocycles. The number of benzene rings is 2. The number of ether oxygens (including phenoxy) is 1. The van der Waals surface area contributed by atoms with Crippen LogP contribution in [0.4, 0.5) is 16.4 Å². The zero-order valence-electron chi connectivity index (χ0n) is 18.7. The summed E-state index contributed by atoms with van der Waals surface area (Å²) in [5.74, 6) is 0.196. The first-order valence-electron chi connectivity index (χ1n) is 10.4. The molecular formula is C24H26ClN5O3. The second kappa shape index (κ2) is 10.8. The molecule has 0 bridgehead atoms. The Morgan fingerprint density at radius 3 is 2.27 bits per heavy atom. The Morgan fingerprint density at radius 2 is 1.61 bits per heavy atom. The fourth-order valence-corrected chi connectivity index (χ4v) is 2.92. The van der Waals surface area contributed by atoms with E-state index in [2.05, 4.69) is 25.9 Å². The average molecular weight is 468 g/mol. The Hall–Kier alpha value is -3.65. The third-order valence-corrected chi connectivity index (χ3v) is 4.53. The number of aromatic nitrogens is 2. The minimum atomic E-state index is -0.564. The van der Waals surface area contributed by atoms with Gasteiger partial charge in [-0.15, -0.1) is 0 Å². The number of carbonyl (C=O) groups excluding carboxylic acids is 2. The number of nitrogens with zero attached hydrogens (tertiary/aromatic N) is 2. The molecular weight excluding hydrogens is 442 g/mol. The number of halogens is 1. The molecule has 0 aliphatic rings. The van der Waals surface area contributed by atoms with E-state index in [9.17, 15) is 9.59 Å². The smallest absolute Gasteiger partial charge is 0.407 e. The Balaban J connectivity index is 1.51. The summed E-state index contributed by atoms with van der Waals surface area (Å²) in [5.41, 5.74) is 2.36. The summed E-state index contributed by atoms with van der Waals surface area (Å²) in [6.45, 7) is 5.91. The lowest BCUT2D eigenvalue weighted by Crippen LogP contribution is -2.37. The molecule has 0 saturated heterocycles. The van der Waals surface area contributed by atoms with Gasteiger partial charge in [-0.1, -0.05) is 23.7 Å². The maximum absolute atomic E-state index is 12.3. The van der Waals surface area contributed by atoms with Gasteiger partial charge in [-0.2, -0.15) is 0 Å². The maximum atomic E-state index is 12.3. The SMILES string of the molecule is CC(C)(C)OC(=O)NCCNC(=O)c1ccc(Nc2nccc(-c3ccc(Cl)cc3)n2)cc1. The van der Waals surface area contributed by atoms with Crippen LogP contribution in [-0.2, 0) is 4.74 Å². The standard InChI is InChI=1S/C24H26ClN5O3/c1-24(2,3)33-23(32)28-15-14-26-21(31)17-6-10-19(11-7-17)29-22-27-13-12-20(30-22)16-4-8-18(25)9-5-16/h4-13H,14-15H2,1-3H3,(H,26,31)(H,28,32)(H,27,29,30). The highest BCUT2D eigenvalue weighted by molar-refractivity contribution is 6.30. The second-order valence-electron chi connectivity index (χ2n) is 8.16. The second-order valence-corrected chi connectivity index (χ2v) is 8.60. The van der Waals surface area contributed by atoms with E-state index in [0.29, 0.717) is 16.5 Å². The van der Waals surface area contributed by atoms with Crippen molar-refractivity contribution < 1.29 is 14.3 Å². The van der Waals surface area contributed by atoms with E-state index in [4.69, 9.17) is 16.3 Å². The quantitative estimate of drug-likeness (QED) is 0.431. The molecule has 3 rings (SSSR count). The van der Waals surface area contributed by atoms with Crippen molar-refractivity contribution in [1.29, 1.82) is 0 Å². The Labute approximate surface area is 197 Å². The number of alkyl carbamates (subject to hydrolysis) is 1. The molecule has 0 atom stereocenters. The molecule has 2 aromatic carbocycles. The highest BCUT2D eigenvalue weighted by atomic mass is 35.5. The molecule has 172 valence electrons. The largest absolute Gasteiger partial charge is 0.444 e. The minimum absolute atomic E-state index is 0.242. The highest BCUT2D eigenvalue weighted by Crippen LogP contribution is 2.21. The van der Waals surface area contributed by atoms with Crippen LogP contribution in [0.3, 0.4) is 0 Å². The Bertz CT molecular complexity index is 1100. The summed E-state index contributed by atoms with van der Waals surface area (Å²) in [4.78, 5) is 32.7. The first-order valence-corrected chi connectivity index (χ1v) is 10.8. The van der Waals surface area contributed by atoms with Crippen molar-refractivity contribution in [1.82, 2.24) is 20.6 Å². The predicted octanol–water partition coefficient (Wildman–Crippen LogP) is 4.80. The van der Waals surface area contributed by atoms with Crippen LogP contribution in [0.5, 0.6) is 0 Å². The zero-order chi connectivity index (χ0) is 23.8. The van der Waals surface area contributed by atoms with Gasteiger partial charge in [0.2, 0.25) is 5.95 Å². The first kappa shape index (κ1) is 24.0. The van der Waals surface area contributed by atoms with Gasteiger partial charge < -0.3 is 20.7 Å². The first-order chi connectivity index (χ1) is 15.7. The van der Waals surface area contributed by atoms with Crippen LogP contribution in [0.1, 0.15) is 31.1 Å². The van der Waals surface area contributed by atoms with E-state index < -0.39 is 11.7 Å². The predicted molar refractivity (Wildman–Crippen MR) is 129 cm³/mol. The summed E-state index contributed by atoms with van der Waals surface area (Å²) in [7, 11) is 0. The molecule has 0 aliphatic carbocycles. The van der Waals surface area contributed by atoms with Crippen molar-refractivity contribution in [3.8, 4) is 11.3 Å². The summed E-state index contributed by atoms with van der Waals surface area (Å²) >= 11 is 5.95. The van der Waals surface area contributed by atoms with Crippen LogP contribution in [0.25, 0.3) is 11.3 Å². The summed E-state index contributed by atoms with van der Waals surface area (Å²) in [6, 6.07) is 16.2. The molecule has 0 fully saturated rings. The van der Waals surface area contributed by atoms with E-state index >= 15 is 0 Å². The molecule has 3 aromatic rings. The molecule has 2 amide bonds. The highest BCUT2D eigenvalue weighted by Gasteiger charge is 2.15. The molecule has 0 radical (unpaired) electrons. The number of carbonyl (C=O) groups is 2. The number of rotatable bonds is 7. The van der Waals surface area contributed by atoms with Crippen molar-refractivity contribution in [2.75, 3.05) is 18.4 Å². The number of hydrogen-bond donors (Lipinski definition) is 3. The van der Waals surface area contributed by atoms with E-state index in [1.54, 1.807) is 51.2 Å². The summed E-state index contributed by atoms with van der Waals surface area (Å²) in [6.07, 6.45) is 1.15. The molecule has 1 aromatic heterocycles. The molecule has 0 unspecified atom stereocenters. The molecule has 0 saturated carbocycles. The van der Waals surface area contributed by atoms with Gasteiger partial charge in [-0.05, 0) is 63.2 Å². The summed E-state index contributed by atoms with van der Waals surface area (Å²) in [5, 5.41) is 9.14. The average Bonchev–Trinajstić information content (AvgIpc) is 2.76. The third-order valence-electron chi connectivity index (χ3n) is 4.28. The normalized spacial score (nSPS) is 10.9. The molecule has 0 spiro atoms. The van der Waals surface area contributed by atoms with Crippen molar-refractivity contribution >= 4 is 35.2 Å². The molecule has 33 heavy (non-hydrogen) atoms. The fraction of sp³-hybridized carbons (Fsp3) is 0.250. The molecule has 1 heterocycles. The van der Waals surface area contributed by atoms with Crippen LogP contribution in [0, 0.1) is 0 Å².